The van der Waals surface area contributed by atoms with E-state index in [4.69, 9.17) is 0 Å². The van der Waals surface area contributed by atoms with E-state index in [1.807, 2.05) is 12.1 Å². The molecule has 2 unspecified atom stereocenters. The number of carbonyl (C=O) groups excluding carboxylic acids is 4. The van der Waals surface area contributed by atoms with Gasteiger partial charge in [0.05, 0.1) is 11.1 Å². The second kappa shape index (κ2) is 9.35. The van der Waals surface area contributed by atoms with Crippen molar-refractivity contribution in [3.63, 3.8) is 0 Å². The standard InChI is InChI=1S/C25H32N4O4/c30-21-10-9-20(23(31)27-21)29-24(32)19-8-2-7-18(22(19)25(29)33)15-28-13-17(14-28)5-1-4-16-6-3-11-26-12-16/h2,7-8,16-17,20,26H,1,3-6,9-15H2,(H,27,30,31). The zero-order chi connectivity index (χ0) is 22.9. The van der Waals surface area contributed by atoms with E-state index in [1.54, 1.807) is 6.07 Å². The van der Waals surface area contributed by atoms with Crippen molar-refractivity contribution >= 4 is 23.6 Å². The Balaban J connectivity index is 1.17. The predicted octanol–water partition coefficient (Wildman–Crippen LogP) is 1.69. The Hall–Kier alpha value is -2.58. The van der Waals surface area contributed by atoms with Crippen molar-refractivity contribution < 1.29 is 19.2 Å². The summed E-state index contributed by atoms with van der Waals surface area (Å²) in [6, 6.07) is 4.45. The van der Waals surface area contributed by atoms with Crippen molar-refractivity contribution in [3.05, 3.63) is 34.9 Å². The van der Waals surface area contributed by atoms with E-state index in [9.17, 15) is 19.2 Å². The van der Waals surface area contributed by atoms with Crippen LogP contribution in [0.3, 0.4) is 0 Å². The molecule has 5 rings (SSSR count). The highest BCUT2D eigenvalue weighted by molar-refractivity contribution is 6.24. The summed E-state index contributed by atoms with van der Waals surface area (Å²) in [7, 11) is 0. The zero-order valence-corrected chi connectivity index (χ0v) is 19.0. The molecule has 0 radical (unpaired) electrons. The average molecular weight is 453 g/mol. The molecule has 1 aromatic carbocycles. The summed E-state index contributed by atoms with van der Waals surface area (Å²) >= 11 is 0. The van der Waals surface area contributed by atoms with Gasteiger partial charge in [-0.3, -0.25) is 34.3 Å². The number of nitrogens with one attached hydrogen (secondary N) is 2. The number of fused-ring (bicyclic) bond motifs is 1. The molecule has 4 aliphatic rings. The summed E-state index contributed by atoms with van der Waals surface area (Å²) < 4.78 is 0. The second-order valence-electron chi connectivity index (χ2n) is 9.99. The zero-order valence-electron chi connectivity index (χ0n) is 19.0. The van der Waals surface area contributed by atoms with Crippen molar-refractivity contribution in [1.82, 2.24) is 20.4 Å². The highest BCUT2D eigenvalue weighted by Gasteiger charge is 2.45. The highest BCUT2D eigenvalue weighted by Crippen LogP contribution is 2.32. The molecule has 0 spiro atoms. The summed E-state index contributed by atoms with van der Waals surface area (Å²) in [5.74, 6) is -0.259. The summed E-state index contributed by atoms with van der Waals surface area (Å²) in [6.45, 7) is 5.00. The van der Waals surface area contributed by atoms with Gasteiger partial charge in [-0.1, -0.05) is 18.6 Å². The van der Waals surface area contributed by atoms with Crippen LogP contribution >= 0.6 is 0 Å². The van der Waals surface area contributed by atoms with E-state index < -0.39 is 23.8 Å². The topological polar surface area (TPSA) is 98.8 Å². The summed E-state index contributed by atoms with van der Waals surface area (Å²) in [5.41, 5.74) is 1.62. The quantitative estimate of drug-likeness (QED) is 0.611. The third-order valence-corrected chi connectivity index (χ3v) is 7.60. The summed E-state index contributed by atoms with van der Waals surface area (Å²) in [5, 5.41) is 5.74. The van der Waals surface area contributed by atoms with Crippen molar-refractivity contribution in [1.29, 1.82) is 0 Å². The van der Waals surface area contributed by atoms with Gasteiger partial charge >= 0.3 is 0 Å². The maximum atomic E-state index is 13.2. The van der Waals surface area contributed by atoms with Crippen LogP contribution in [0, 0.1) is 11.8 Å². The lowest BCUT2D eigenvalue weighted by atomic mass is 9.88. The number of rotatable bonds is 7. The van der Waals surface area contributed by atoms with Crippen LogP contribution in [0.4, 0.5) is 0 Å². The van der Waals surface area contributed by atoms with Crippen LogP contribution < -0.4 is 10.6 Å². The van der Waals surface area contributed by atoms with Crippen molar-refractivity contribution in [2.45, 2.75) is 57.5 Å². The highest BCUT2D eigenvalue weighted by atomic mass is 16.2. The average Bonchev–Trinajstić information content (AvgIpc) is 3.04. The number of hydrogen-bond donors (Lipinski definition) is 2. The van der Waals surface area contributed by atoms with Gasteiger partial charge in [0.1, 0.15) is 6.04 Å². The fourth-order valence-corrected chi connectivity index (χ4v) is 5.81. The molecule has 0 bridgehead atoms. The largest absolute Gasteiger partial charge is 0.316 e. The molecular weight excluding hydrogens is 420 g/mol. The number of likely N-dealkylation sites (tertiary alicyclic amines) is 1. The Morgan fingerprint density at radius 1 is 0.970 bits per heavy atom. The molecule has 4 heterocycles. The normalized spacial score (nSPS) is 26.4. The fourth-order valence-electron chi connectivity index (χ4n) is 5.81. The molecule has 2 N–H and O–H groups in total. The number of nitrogens with zero attached hydrogens (tertiary/aromatic N) is 2. The maximum Gasteiger partial charge on any atom is 0.262 e. The first-order valence-electron chi connectivity index (χ1n) is 12.3. The molecule has 4 aliphatic heterocycles. The van der Waals surface area contributed by atoms with E-state index >= 15 is 0 Å². The van der Waals surface area contributed by atoms with Crippen LogP contribution in [0.25, 0.3) is 0 Å². The Kier molecular flexibility index (Phi) is 6.29. The SMILES string of the molecule is O=C1CCC(N2C(=O)c3cccc(CN4CC(CCCC5CCCNC5)C4)c3C2=O)C(=O)N1. The number of imide groups is 2. The van der Waals surface area contributed by atoms with Crippen molar-refractivity contribution in [3.8, 4) is 0 Å². The third kappa shape index (κ3) is 4.46. The molecule has 1 aromatic rings. The Morgan fingerprint density at radius 2 is 1.79 bits per heavy atom. The molecule has 176 valence electrons. The number of hydrogen-bond acceptors (Lipinski definition) is 6. The van der Waals surface area contributed by atoms with Crippen LogP contribution in [-0.2, 0) is 16.1 Å². The van der Waals surface area contributed by atoms with Gasteiger partial charge in [-0.05, 0) is 68.7 Å². The van der Waals surface area contributed by atoms with Gasteiger partial charge in [-0.25, -0.2) is 0 Å². The molecule has 0 aromatic heterocycles. The number of piperidine rings is 2. The lowest BCUT2D eigenvalue weighted by Gasteiger charge is -2.40. The maximum absolute atomic E-state index is 13.2. The minimum Gasteiger partial charge on any atom is -0.316 e. The van der Waals surface area contributed by atoms with E-state index in [2.05, 4.69) is 15.5 Å². The van der Waals surface area contributed by atoms with Crippen molar-refractivity contribution in [2.75, 3.05) is 26.2 Å². The van der Waals surface area contributed by atoms with Crippen LogP contribution in [0.5, 0.6) is 0 Å². The van der Waals surface area contributed by atoms with Crippen LogP contribution in [-0.4, -0.2) is 65.6 Å². The Labute approximate surface area is 194 Å². The third-order valence-electron chi connectivity index (χ3n) is 7.60. The fraction of sp³-hybridized carbons (Fsp3) is 0.600. The smallest absolute Gasteiger partial charge is 0.262 e. The van der Waals surface area contributed by atoms with Crippen LogP contribution in [0.2, 0.25) is 0 Å². The van der Waals surface area contributed by atoms with Crippen LogP contribution in [0.15, 0.2) is 18.2 Å². The predicted molar refractivity (Wildman–Crippen MR) is 121 cm³/mol. The molecule has 8 nitrogen and oxygen atoms in total. The van der Waals surface area contributed by atoms with Crippen molar-refractivity contribution in [2.24, 2.45) is 11.8 Å². The minimum absolute atomic E-state index is 0.128. The van der Waals surface area contributed by atoms with E-state index in [-0.39, 0.29) is 18.7 Å². The van der Waals surface area contributed by atoms with Gasteiger partial charge < -0.3 is 5.32 Å². The van der Waals surface area contributed by atoms with E-state index in [0.29, 0.717) is 23.6 Å². The van der Waals surface area contributed by atoms with Gasteiger partial charge in [0.2, 0.25) is 11.8 Å². The van der Waals surface area contributed by atoms with Gasteiger partial charge in [0.15, 0.2) is 0 Å². The minimum atomic E-state index is -0.921. The Bertz CT molecular complexity index is 965. The van der Waals surface area contributed by atoms with E-state index in [0.717, 1.165) is 36.0 Å². The molecule has 3 fully saturated rings. The summed E-state index contributed by atoms with van der Waals surface area (Å²) in [4.78, 5) is 53.3. The van der Waals surface area contributed by atoms with E-state index in [1.165, 1.54) is 38.6 Å². The molecular formula is C25H32N4O4. The number of carbonyl (C=O) groups is 4. The molecule has 3 saturated heterocycles. The molecule has 4 amide bonds. The van der Waals surface area contributed by atoms with Crippen LogP contribution in [0.1, 0.15) is 71.2 Å². The first kappa shape index (κ1) is 22.2. The monoisotopic (exact) mass is 452 g/mol. The number of amides is 4. The second-order valence-corrected chi connectivity index (χ2v) is 9.99. The first-order valence-corrected chi connectivity index (χ1v) is 12.3. The van der Waals surface area contributed by atoms with Gasteiger partial charge in [0, 0.05) is 26.1 Å². The molecule has 2 atom stereocenters. The lowest BCUT2D eigenvalue weighted by molar-refractivity contribution is -0.136. The number of benzene rings is 1. The Morgan fingerprint density at radius 3 is 2.55 bits per heavy atom. The molecule has 8 heteroatoms. The molecule has 0 aliphatic carbocycles. The molecule has 33 heavy (non-hydrogen) atoms. The van der Waals surface area contributed by atoms with Gasteiger partial charge in [-0.15, -0.1) is 0 Å². The first-order chi connectivity index (χ1) is 16.0. The van der Waals surface area contributed by atoms with Gasteiger partial charge in [-0.2, -0.15) is 0 Å². The molecule has 0 saturated carbocycles. The lowest BCUT2D eigenvalue weighted by Crippen LogP contribution is -2.54. The van der Waals surface area contributed by atoms with Gasteiger partial charge in [0.25, 0.3) is 11.8 Å². The summed E-state index contributed by atoms with van der Waals surface area (Å²) in [6.07, 6.45) is 6.79.